The van der Waals surface area contributed by atoms with Crippen LogP contribution in [0.4, 0.5) is 0 Å². The lowest BCUT2D eigenvalue weighted by molar-refractivity contribution is 0.635. The maximum Gasteiger partial charge on any atom is 0.272 e. The van der Waals surface area contributed by atoms with Crippen LogP contribution in [0, 0.1) is 0 Å². The summed E-state index contributed by atoms with van der Waals surface area (Å²) in [6.45, 7) is 2.48. The third-order valence-corrected chi connectivity index (χ3v) is 6.21. The van der Waals surface area contributed by atoms with Crippen LogP contribution in [0.1, 0.15) is 12.6 Å². The van der Waals surface area contributed by atoms with Crippen LogP contribution >= 0.6 is 34.4 Å². The van der Waals surface area contributed by atoms with Gasteiger partial charge >= 0.3 is 0 Å². The molecule has 4 heterocycles. The molecule has 6 nitrogen and oxygen atoms in total. The summed E-state index contributed by atoms with van der Waals surface area (Å²) in [5.74, 6) is 0.492. The highest BCUT2D eigenvalue weighted by Crippen LogP contribution is 2.23. The van der Waals surface area contributed by atoms with Gasteiger partial charge in [0.15, 0.2) is 10.1 Å². The van der Waals surface area contributed by atoms with Gasteiger partial charge in [0.25, 0.3) is 11.1 Å². The summed E-state index contributed by atoms with van der Waals surface area (Å²) in [5.41, 5.74) is 1.31. The van der Waals surface area contributed by atoms with Crippen molar-refractivity contribution in [2.75, 3.05) is 0 Å². The average molecular weight is 376 g/mol. The van der Waals surface area contributed by atoms with Crippen molar-refractivity contribution in [1.82, 2.24) is 18.9 Å². The number of thioether (sulfide) groups is 1. The number of thiazole rings is 1. The highest BCUT2D eigenvalue weighted by Gasteiger charge is 2.12. The SMILES string of the molecule is CCn1c(SCc2cc(=O)n3ccsc3n2)nc2ccsc2c1=O. The topological polar surface area (TPSA) is 69.3 Å². The van der Waals surface area contributed by atoms with Crippen molar-refractivity contribution in [1.29, 1.82) is 0 Å². The first-order chi connectivity index (χ1) is 11.7. The molecule has 4 aromatic rings. The molecule has 0 aromatic carbocycles. The van der Waals surface area contributed by atoms with Gasteiger partial charge < -0.3 is 0 Å². The molecule has 4 rings (SSSR count). The molecule has 0 spiro atoms. The molecule has 0 atom stereocenters. The van der Waals surface area contributed by atoms with Gasteiger partial charge in [-0.25, -0.2) is 9.97 Å². The molecule has 0 bridgehead atoms. The zero-order valence-corrected chi connectivity index (χ0v) is 15.1. The molecule has 0 aliphatic heterocycles. The van der Waals surface area contributed by atoms with E-state index in [0.29, 0.717) is 32.8 Å². The Labute approximate surface area is 148 Å². The zero-order chi connectivity index (χ0) is 16.7. The Kier molecular flexibility index (Phi) is 3.99. The summed E-state index contributed by atoms with van der Waals surface area (Å²) in [7, 11) is 0. The van der Waals surface area contributed by atoms with Crippen LogP contribution in [0.3, 0.4) is 0 Å². The van der Waals surface area contributed by atoms with Gasteiger partial charge in [-0.15, -0.1) is 22.7 Å². The highest BCUT2D eigenvalue weighted by molar-refractivity contribution is 7.98. The summed E-state index contributed by atoms with van der Waals surface area (Å²) in [6.07, 6.45) is 1.72. The monoisotopic (exact) mass is 376 g/mol. The van der Waals surface area contributed by atoms with Crippen LogP contribution in [0.15, 0.2) is 43.8 Å². The number of aromatic nitrogens is 4. The Morgan fingerprint density at radius 2 is 2.08 bits per heavy atom. The number of fused-ring (bicyclic) bond motifs is 2. The Bertz CT molecular complexity index is 1150. The molecular formula is C15H12N4O2S3. The largest absolute Gasteiger partial charge is 0.287 e. The fourth-order valence-corrected chi connectivity index (χ4v) is 4.89. The molecule has 4 aromatic heterocycles. The number of nitrogens with zero attached hydrogens (tertiary/aromatic N) is 4. The fraction of sp³-hybridized carbons (Fsp3) is 0.200. The standard InChI is InChI=1S/C15H12N4O2S3/c1-2-18-13(21)12-10(3-5-22-12)17-15(18)24-8-9-7-11(20)19-4-6-23-14(19)16-9/h3-7H,2,8H2,1H3. The molecule has 0 aliphatic rings. The maximum atomic E-state index is 12.5. The molecule has 0 saturated carbocycles. The third kappa shape index (κ3) is 2.58. The van der Waals surface area contributed by atoms with E-state index in [1.807, 2.05) is 23.8 Å². The first kappa shape index (κ1) is 15.6. The van der Waals surface area contributed by atoms with E-state index in [2.05, 4.69) is 9.97 Å². The number of hydrogen-bond acceptors (Lipinski definition) is 7. The van der Waals surface area contributed by atoms with E-state index < -0.39 is 0 Å². The number of rotatable bonds is 4. The minimum atomic E-state index is -0.0917. The summed E-state index contributed by atoms with van der Waals surface area (Å²) in [4.78, 5) is 34.3. The lowest BCUT2D eigenvalue weighted by Crippen LogP contribution is -2.21. The van der Waals surface area contributed by atoms with E-state index in [1.54, 1.807) is 10.8 Å². The van der Waals surface area contributed by atoms with Gasteiger partial charge in [0.2, 0.25) is 0 Å². The lowest BCUT2D eigenvalue weighted by atomic mass is 10.4. The van der Waals surface area contributed by atoms with Gasteiger partial charge in [-0.2, -0.15) is 0 Å². The van der Waals surface area contributed by atoms with Gasteiger partial charge in [-0.1, -0.05) is 11.8 Å². The van der Waals surface area contributed by atoms with E-state index in [0.717, 1.165) is 5.52 Å². The lowest BCUT2D eigenvalue weighted by Gasteiger charge is -2.09. The van der Waals surface area contributed by atoms with E-state index in [1.165, 1.54) is 44.9 Å². The van der Waals surface area contributed by atoms with Gasteiger partial charge in [-0.3, -0.25) is 18.6 Å². The first-order valence-electron chi connectivity index (χ1n) is 7.24. The Morgan fingerprint density at radius 3 is 2.92 bits per heavy atom. The summed E-state index contributed by atoms with van der Waals surface area (Å²) in [5, 5.41) is 4.36. The predicted molar refractivity (Wildman–Crippen MR) is 98.5 cm³/mol. The second kappa shape index (κ2) is 6.15. The molecule has 0 fully saturated rings. The molecule has 24 heavy (non-hydrogen) atoms. The summed E-state index contributed by atoms with van der Waals surface area (Å²) >= 11 is 4.26. The quantitative estimate of drug-likeness (QED) is 0.405. The van der Waals surface area contributed by atoms with Crippen LogP contribution in [0.5, 0.6) is 0 Å². The third-order valence-electron chi connectivity index (χ3n) is 3.55. The normalized spacial score (nSPS) is 11.5. The molecule has 0 radical (unpaired) electrons. The maximum absolute atomic E-state index is 12.5. The first-order valence-corrected chi connectivity index (χ1v) is 9.98. The van der Waals surface area contributed by atoms with Gasteiger partial charge in [0, 0.05) is 29.9 Å². The molecule has 9 heteroatoms. The Balaban J connectivity index is 1.71. The van der Waals surface area contributed by atoms with Crippen LogP contribution in [-0.4, -0.2) is 18.9 Å². The Hall–Kier alpha value is -1.97. The fourth-order valence-electron chi connectivity index (χ4n) is 2.41. The van der Waals surface area contributed by atoms with Crippen molar-refractivity contribution in [3.05, 3.63) is 55.5 Å². The van der Waals surface area contributed by atoms with Crippen LogP contribution in [0.2, 0.25) is 0 Å². The van der Waals surface area contributed by atoms with Crippen molar-refractivity contribution in [3.8, 4) is 0 Å². The average Bonchev–Trinajstić information content (AvgIpc) is 3.22. The van der Waals surface area contributed by atoms with Crippen molar-refractivity contribution in [2.45, 2.75) is 24.4 Å². The van der Waals surface area contributed by atoms with E-state index in [9.17, 15) is 9.59 Å². The minimum absolute atomic E-state index is 0.0123. The summed E-state index contributed by atoms with van der Waals surface area (Å²) in [6, 6.07) is 3.39. The molecule has 0 N–H and O–H groups in total. The van der Waals surface area contributed by atoms with Gasteiger partial charge in [-0.05, 0) is 18.4 Å². The van der Waals surface area contributed by atoms with Gasteiger partial charge in [0.1, 0.15) is 4.70 Å². The van der Waals surface area contributed by atoms with Crippen LogP contribution in [0.25, 0.3) is 15.2 Å². The molecule has 0 aliphatic carbocycles. The van der Waals surface area contributed by atoms with Crippen molar-refractivity contribution < 1.29 is 0 Å². The van der Waals surface area contributed by atoms with Crippen molar-refractivity contribution >= 4 is 49.6 Å². The summed E-state index contributed by atoms with van der Waals surface area (Å²) < 4.78 is 3.87. The van der Waals surface area contributed by atoms with E-state index in [-0.39, 0.29) is 11.1 Å². The van der Waals surface area contributed by atoms with Crippen LogP contribution in [-0.2, 0) is 12.3 Å². The minimum Gasteiger partial charge on any atom is -0.287 e. The van der Waals surface area contributed by atoms with Crippen molar-refractivity contribution in [2.24, 2.45) is 0 Å². The molecular weight excluding hydrogens is 364 g/mol. The highest BCUT2D eigenvalue weighted by atomic mass is 32.2. The zero-order valence-electron chi connectivity index (χ0n) is 12.6. The molecule has 122 valence electrons. The number of hydrogen-bond donors (Lipinski definition) is 0. The molecule has 0 saturated heterocycles. The Morgan fingerprint density at radius 1 is 1.21 bits per heavy atom. The second-order valence-electron chi connectivity index (χ2n) is 5.01. The molecule has 0 unspecified atom stereocenters. The van der Waals surface area contributed by atoms with Crippen molar-refractivity contribution in [3.63, 3.8) is 0 Å². The van der Waals surface area contributed by atoms with E-state index >= 15 is 0 Å². The molecule has 0 amide bonds. The second-order valence-corrected chi connectivity index (χ2v) is 7.74. The predicted octanol–water partition coefficient (Wildman–Crippen LogP) is 2.84. The van der Waals surface area contributed by atoms with Gasteiger partial charge in [0.05, 0.1) is 11.2 Å². The van der Waals surface area contributed by atoms with Crippen LogP contribution < -0.4 is 11.1 Å². The van der Waals surface area contributed by atoms with E-state index in [4.69, 9.17) is 0 Å². The smallest absolute Gasteiger partial charge is 0.272 e. The number of thiophene rings is 1.